The first-order chi connectivity index (χ1) is 18.8. The van der Waals surface area contributed by atoms with Crippen molar-refractivity contribution in [2.75, 3.05) is 36.5 Å². The smallest absolute Gasteiger partial charge is 0.378 e. The van der Waals surface area contributed by atoms with Gasteiger partial charge in [0.2, 0.25) is 0 Å². The fourth-order valence-electron chi connectivity index (χ4n) is 4.33. The number of carbonyl (C=O) groups excluding carboxylic acids is 1. The summed E-state index contributed by atoms with van der Waals surface area (Å²) in [7, 11) is 0. The molecule has 2 fully saturated rings. The number of amides is 1. The van der Waals surface area contributed by atoms with Crippen LogP contribution in [-0.4, -0.2) is 72.7 Å². The number of morpholine rings is 1. The van der Waals surface area contributed by atoms with Gasteiger partial charge in [-0.15, -0.1) is 21.5 Å². The van der Waals surface area contributed by atoms with Crippen LogP contribution in [0.25, 0.3) is 16.5 Å². The second-order valence-corrected chi connectivity index (χ2v) is 10.3. The molecule has 1 aliphatic carbocycles. The Morgan fingerprint density at radius 1 is 1.18 bits per heavy atom. The number of nitrogens with one attached hydrogen (secondary N) is 1. The summed E-state index contributed by atoms with van der Waals surface area (Å²) in [6.07, 6.45) is 4.19. The summed E-state index contributed by atoms with van der Waals surface area (Å²) in [6, 6.07) is -0.131. The van der Waals surface area contributed by atoms with E-state index in [-0.39, 0.29) is 22.3 Å². The van der Waals surface area contributed by atoms with Crippen molar-refractivity contribution in [2.24, 2.45) is 0 Å². The van der Waals surface area contributed by atoms with Crippen molar-refractivity contribution in [3.63, 3.8) is 0 Å². The van der Waals surface area contributed by atoms with Gasteiger partial charge in [0.25, 0.3) is 5.91 Å². The van der Waals surface area contributed by atoms with Crippen LogP contribution in [0.3, 0.4) is 0 Å². The first-order valence-corrected chi connectivity index (χ1v) is 13.3. The van der Waals surface area contributed by atoms with E-state index in [2.05, 4.69) is 35.4 Å². The van der Waals surface area contributed by atoms with Gasteiger partial charge < -0.3 is 19.5 Å². The first-order valence-electron chi connectivity index (χ1n) is 12.4. The van der Waals surface area contributed by atoms with Crippen LogP contribution in [-0.2, 0) is 4.74 Å². The number of pyridine rings is 1. The average Bonchev–Trinajstić information content (AvgIpc) is 3.30. The molecule has 204 valence electrons. The standard InChI is InChI=1S/C24H24F3N9O2S/c1-14(24(25,26)27)36-13-30-33-21(36)23-32-20(11-39-23)31-22(37)16-8-18(35-10-17(29-12-35)15-2-3-15)19(9-28-16)34-4-6-38-7-5-34/h8-15H,2-7H2,1H3,(H,31,37). The molecule has 4 aromatic heterocycles. The third-order valence-corrected chi connectivity index (χ3v) is 7.56. The minimum absolute atomic E-state index is 0.0350. The van der Waals surface area contributed by atoms with E-state index in [1.807, 2.05) is 10.8 Å². The van der Waals surface area contributed by atoms with Crippen LogP contribution < -0.4 is 10.2 Å². The van der Waals surface area contributed by atoms with Gasteiger partial charge in [0.15, 0.2) is 10.8 Å². The number of halogens is 3. The van der Waals surface area contributed by atoms with Crippen molar-refractivity contribution in [1.82, 2.24) is 34.3 Å². The number of thiazole rings is 1. The SMILES string of the molecule is CC(n1cnnc1-c1nc(NC(=O)c2cc(-n3cnc(C4CC4)c3)c(N3CCOCC3)cn2)cs1)C(F)(F)F. The zero-order valence-electron chi connectivity index (χ0n) is 20.8. The van der Waals surface area contributed by atoms with E-state index in [4.69, 9.17) is 4.74 Å². The van der Waals surface area contributed by atoms with Crippen LogP contribution >= 0.6 is 11.3 Å². The van der Waals surface area contributed by atoms with Crippen LogP contribution in [0.2, 0.25) is 0 Å². The van der Waals surface area contributed by atoms with Crippen molar-refractivity contribution < 1.29 is 22.7 Å². The lowest BCUT2D eigenvalue weighted by molar-refractivity contribution is -0.162. The molecular weight excluding hydrogens is 535 g/mol. The summed E-state index contributed by atoms with van der Waals surface area (Å²) in [6.45, 7) is 3.61. The van der Waals surface area contributed by atoms with Gasteiger partial charge in [-0.05, 0) is 25.8 Å². The normalized spacial score (nSPS) is 16.9. The largest absolute Gasteiger partial charge is 0.408 e. The quantitative estimate of drug-likeness (QED) is 0.360. The van der Waals surface area contributed by atoms with E-state index in [9.17, 15) is 18.0 Å². The lowest BCUT2D eigenvalue weighted by Crippen LogP contribution is -2.37. The highest BCUT2D eigenvalue weighted by Gasteiger charge is 2.39. The maximum absolute atomic E-state index is 13.2. The van der Waals surface area contributed by atoms with Crippen LogP contribution in [0.4, 0.5) is 24.7 Å². The van der Waals surface area contributed by atoms with Crippen molar-refractivity contribution in [1.29, 1.82) is 0 Å². The van der Waals surface area contributed by atoms with E-state index < -0.39 is 18.1 Å². The van der Waals surface area contributed by atoms with E-state index >= 15 is 0 Å². The van der Waals surface area contributed by atoms with Crippen LogP contribution in [0.5, 0.6) is 0 Å². The van der Waals surface area contributed by atoms with E-state index in [0.717, 1.165) is 59.1 Å². The highest BCUT2D eigenvalue weighted by atomic mass is 32.1. The summed E-state index contributed by atoms with van der Waals surface area (Å²) >= 11 is 1.05. The molecule has 2 aliphatic rings. The maximum atomic E-state index is 13.2. The second-order valence-electron chi connectivity index (χ2n) is 9.41. The maximum Gasteiger partial charge on any atom is 0.408 e. The number of aromatic nitrogens is 7. The molecular formula is C24H24F3N9O2S. The molecule has 15 heteroatoms. The second kappa shape index (κ2) is 10.0. The molecule has 0 spiro atoms. The lowest BCUT2D eigenvalue weighted by atomic mass is 10.2. The first kappa shape index (κ1) is 25.4. The number of carbonyl (C=O) groups is 1. The number of rotatable bonds is 7. The topological polar surface area (TPSA) is 116 Å². The van der Waals surface area contributed by atoms with E-state index in [1.165, 1.54) is 5.38 Å². The van der Waals surface area contributed by atoms with Gasteiger partial charge in [0.05, 0.1) is 42.8 Å². The van der Waals surface area contributed by atoms with Crippen LogP contribution in [0.1, 0.15) is 47.9 Å². The number of anilines is 2. The highest BCUT2D eigenvalue weighted by Crippen LogP contribution is 2.39. The van der Waals surface area contributed by atoms with Crippen molar-refractivity contribution in [2.45, 2.75) is 37.9 Å². The summed E-state index contributed by atoms with van der Waals surface area (Å²) < 4.78 is 48.0. The molecule has 0 radical (unpaired) electrons. The van der Waals surface area contributed by atoms with Gasteiger partial charge in [-0.1, -0.05) is 0 Å². The molecule has 4 aromatic rings. The van der Waals surface area contributed by atoms with Crippen molar-refractivity contribution >= 4 is 28.7 Å². The Balaban J connectivity index is 1.25. The Morgan fingerprint density at radius 2 is 1.97 bits per heavy atom. The molecule has 1 saturated carbocycles. The molecule has 0 bridgehead atoms. The van der Waals surface area contributed by atoms with Gasteiger partial charge in [0.1, 0.15) is 23.9 Å². The lowest BCUT2D eigenvalue weighted by Gasteiger charge is -2.30. The number of ether oxygens (including phenoxy) is 1. The summed E-state index contributed by atoms with van der Waals surface area (Å²) in [5.74, 6) is 0.112. The molecule has 39 heavy (non-hydrogen) atoms. The Kier molecular flexibility index (Phi) is 6.54. The van der Waals surface area contributed by atoms with E-state index in [1.54, 1.807) is 18.6 Å². The summed E-state index contributed by atoms with van der Waals surface area (Å²) in [5, 5.41) is 11.8. The molecule has 0 aromatic carbocycles. The Hall–Kier alpha value is -3.85. The Morgan fingerprint density at radius 3 is 2.72 bits per heavy atom. The van der Waals surface area contributed by atoms with Gasteiger partial charge in [-0.3, -0.25) is 9.36 Å². The zero-order valence-corrected chi connectivity index (χ0v) is 21.6. The Bertz CT molecular complexity index is 1490. The van der Waals surface area contributed by atoms with Gasteiger partial charge >= 0.3 is 6.18 Å². The molecule has 1 atom stereocenters. The predicted molar refractivity (Wildman–Crippen MR) is 136 cm³/mol. The van der Waals surface area contributed by atoms with Crippen molar-refractivity contribution in [3.8, 4) is 16.5 Å². The molecule has 1 N–H and O–H groups in total. The Labute approximate surface area is 224 Å². The van der Waals surface area contributed by atoms with Gasteiger partial charge in [-0.2, -0.15) is 13.2 Å². The average molecular weight is 560 g/mol. The number of imidazole rings is 1. The predicted octanol–water partition coefficient (Wildman–Crippen LogP) is 4.07. The minimum Gasteiger partial charge on any atom is -0.378 e. The molecule has 11 nitrogen and oxygen atoms in total. The molecule has 1 unspecified atom stereocenters. The fourth-order valence-corrected chi connectivity index (χ4v) is 5.06. The number of alkyl halides is 3. The number of hydrogen-bond donors (Lipinski definition) is 1. The zero-order chi connectivity index (χ0) is 27.1. The highest BCUT2D eigenvalue weighted by molar-refractivity contribution is 7.13. The summed E-state index contributed by atoms with van der Waals surface area (Å²) in [5.41, 5.74) is 2.81. The van der Waals surface area contributed by atoms with Crippen LogP contribution in [0, 0.1) is 0 Å². The summed E-state index contributed by atoms with van der Waals surface area (Å²) in [4.78, 5) is 28.6. The third kappa shape index (κ3) is 5.23. The molecule has 1 aliphatic heterocycles. The minimum atomic E-state index is -4.48. The third-order valence-electron chi connectivity index (χ3n) is 6.72. The van der Waals surface area contributed by atoms with E-state index in [0.29, 0.717) is 32.2 Å². The molecule has 1 saturated heterocycles. The van der Waals surface area contributed by atoms with Crippen LogP contribution in [0.15, 0.2) is 36.5 Å². The molecule has 6 rings (SSSR count). The fraction of sp³-hybridized carbons (Fsp3) is 0.417. The molecule has 5 heterocycles. The monoisotopic (exact) mass is 559 g/mol. The number of hydrogen-bond acceptors (Lipinski definition) is 9. The van der Waals surface area contributed by atoms with Crippen molar-refractivity contribution in [3.05, 3.63) is 47.9 Å². The molecule has 1 amide bonds. The number of nitrogens with zero attached hydrogens (tertiary/aromatic N) is 8. The van der Waals surface area contributed by atoms with Gasteiger partial charge in [0, 0.05) is 30.6 Å². The van der Waals surface area contributed by atoms with Gasteiger partial charge in [-0.25, -0.2) is 15.0 Å².